The molecule has 0 unspecified atom stereocenters. The van der Waals surface area contributed by atoms with E-state index in [0.29, 0.717) is 43.9 Å². The number of hydrogen-bond acceptors (Lipinski definition) is 3. The molecule has 1 amide bonds. The van der Waals surface area contributed by atoms with Crippen LogP contribution in [0, 0.1) is 0 Å². The Kier molecular flexibility index (Phi) is 7.44. The second kappa shape index (κ2) is 9.34. The predicted molar refractivity (Wildman–Crippen MR) is 99.9 cm³/mol. The van der Waals surface area contributed by atoms with Gasteiger partial charge in [-0.1, -0.05) is 38.8 Å². The van der Waals surface area contributed by atoms with Crippen LogP contribution in [0.1, 0.15) is 51.5 Å². The zero-order valence-electron chi connectivity index (χ0n) is 15.4. The Morgan fingerprint density at radius 1 is 1.00 bits per heavy atom. The molecule has 1 fully saturated rings. The monoisotopic (exact) mass is 366 g/mol. The van der Waals surface area contributed by atoms with Crippen molar-refractivity contribution in [3.05, 3.63) is 29.8 Å². The average molecular weight is 367 g/mol. The van der Waals surface area contributed by atoms with Crippen molar-refractivity contribution in [2.45, 2.75) is 57.3 Å². The van der Waals surface area contributed by atoms with Crippen molar-refractivity contribution in [1.29, 1.82) is 0 Å². The summed E-state index contributed by atoms with van der Waals surface area (Å²) in [6, 6.07) is 7.20. The van der Waals surface area contributed by atoms with E-state index in [2.05, 4.69) is 13.8 Å². The third kappa shape index (κ3) is 5.28. The fourth-order valence-electron chi connectivity index (χ4n) is 3.14. The van der Waals surface area contributed by atoms with Gasteiger partial charge in [0.05, 0.1) is 4.90 Å². The number of amides is 1. The second-order valence-corrected chi connectivity index (χ2v) is 8.57. The first-order valence-corrected chi connectivity index (χ1v) is 10.8. The van der Waals surface area contributed by atoms with Crippen LogP contribution in [0.2, 0.25) is 0 Å². The van der Waals surface area contributed by atoms with Crippen LogP contribution in [0.25, 0.3) is 0 Å². The number of benzene rings is 1. The highest BCUT2D eigenvalue weighted by Gasteiger charge is 2.28. The second-order valence-electron chi connectivity index (χ2n) is 6.64. The van der Waals surface area contributed by atoms with Gasteiger partial charge in [-0.2, -0.15) is 4.31 Å². The first kappa shape index (κ1) is 19.9. The van der Waals surface area contributed by atoms with E-state index >= 15 is 0 Å². The molecule has 0 aromatic heterocycles. The van der Waals surface area contributed by atoms with E-state index < -0.39 is 10.0 Å². The standard InChI is InChI=1S/C19H30N2O3S/c1-3-5-8-19(22)20-13-6-14-21(16-15-20)25(23,24)18-11-9-17(7-4-2)10-12-18/h9-12H,3-8,13-16H2,1-2H3. The molecule has 1 aromatic carbocycles. The number of carbonyl (C=O) groups excluding carboxylic acids is 1. The number of aryl methyl sites for hydroxylation is 1. The minimum Gasteiger partial charge on any atom is -0.341 e. The maximum absolute atomic E-state index is 12.9. The smallest absolute Gasteiger partial charge is 0.243 e. The van der Waals surface area contributed by atoms with Crippen LogP contribution in [0.3, 0.4) is 0 Å². The van der Waals surface area contributed by atoms with E-state index in [4.69, 9.17) is 0 Å². The molecule has 0 spiro atoms. The molecule has 140 valence electrons. The summed E-state index contributed by atoms with van der Waals surface area (Å²) in [5.74, 6) is 0.144. The Bertz CT molecular complexity index is 656. The lowest BCUT2D eigenvalue weighted by Gasteiger charge is -2.22. The molecule has 5 nitrogen and oxygen atoms in total. The summed E-state index contributed by atoms with van der Waals surface area (Å²) in [5.41, 5.74) is 1.16. The molecule has 2 rings (SSSR count). The fourth-order valence-corrected chi connectivity index (χ4v) is 4.61. The maximum atomic E-state index is 12.9. The van der Waals surface area contributed by atoms with E-state index in [1.165, 1.54) is 4.31 Å². The van der Waals surface area contributed by atoms with Crippen molar-refractivity contribution in [2.24, 2.45) is 0 Å². The molecule has 0 bridgehead atoms. The van der Waals surface area contributed by atoms with Crippen LogP contribution in [0.5, 0.6) is 0 Å². The summed E-state index contributed by atoms with van der Waals surface area (Å²) in [6.45, 7) is 6.14. The summed E-state index contributed by atoms with van der Waals surface area (Å²) >= 11 is 0. The summed E-state index contributed by atoms with van der Waals surface area (Å²) in [6.07, 6.45) is 5.13. The van der Waals surface area contributed by atoms with Gasteiger partial charge in [-0.3, -0.25) is 4.79 Å². The topological polar surface area (TPSA) is 57.7 Å². The van der Waals surface area contributed by atoms with E-state index in [-0.39, 0.29) is 5.91 Å². The zero-order chi connectivity index (χ0) is 18.3. The molecule has 1 aromatic rings. The van der Waals surface area contributed by atoms with Crippen molar-refractivity contribution in [3.8, 4) is 0 Å². The van der Waals surface area contributed by atoms with E-state index in [1.54, 1.807) is 12.1 Å². The van der Waals surface area contributed by atoms with Gasteiger partial charge in [0, 0.05) is 32.6 Å². The molecule has 0 aliphatic carbocycles. The molecule has 1 saturated heterocycles. The highest BCUT2D eigenvalue weighted by atomic mass is 32.2. The summed E-state index contributed by atoms with van der Waals surface area (Å²) in [4.78, 5) is 14.4. The van der Waals surface area contributed by atoms with Crippen LogP contribution < -0.4 is 0 Å². The largest absolute Gasteiger partial charge is 0.341 e. The van der Waals surface area contributed by atoms with Crippen molar-refractivity contribution in [2.75, 3.05) is 26.2 Å². The fraction of sp³-hybridized carbons (Fsp3) is 0.632. The number of unbranched alkanes of at least 4 members (excludes halogenated alkanes) is 1. The van der Waals surface area contributed by atoms with Crippen LogP contribution in [0.15, 0.2) is 29.2 Å². The Hall–Kier alpha value is -1.40. The molecule has 0 saturated carbocycles. The minimum absolute atomic E-state index is 0.144. The van der Waals surface area contributed by atoms with Crippen molar-refractivity contribution < 1.29 is 13.2 Å². The Labute approximate surface area is 152 Å². The van der Waals surface area contributed by atoms with E-state index in [1.807, 2.05) is 17.0 Å². The van der Waals surface area contributed by atoms with Crippen LogP contribution in [0.4, 0.5) is 0 Å². The zero-order valence-corrected chi connectivity index (χ0v) is 16.2. The van der Waals surface area contributed by atoms with Crippen molar-refractivity contribution >= 4 is 15.9 Å². The Morgan fingerprint density at radius 2 is 1.72 bits per heavy atom. The predicted octanol–water partition coefficient (Wildman–Crippen LogP) is 3.05. The first-order chi connectivity index (χ1) is 12.0. The van der Waals surface area contributed by atoms with Crippen molar-refractivity contribution in [3.63, 3.8) is 0 Å². The Morgan fingerprint density at radius 3 is 2.36 bits per heavy atom. The number of nitrogens with zero attached hydrogens (tertiary/aromatic N) is 2. The van der Waals surface area contributed by atoms with Gasteiger partial charge >= 0.3 is 0 Å². The van der Waals surface area contributed by atoms with Gasteiger partial charge in [0.15, 0.2) is 0 Å². The van der Waals surface area contributed by atoms with Crippen LogP contribution >= 0.6 is 0 Å². The van der Waals surface area contributed by atoms with Gasteiger partial charge in [-0.05, 0) is 37.0 Å². The molecule has 1 aliphatic rings. The van der Waals surface area contributed by atoms with E-state index in [0.717, 1.165) is 31.2 Å². The van der Waals surface area contributed by atoms with Gasteiger partial charge in [-0.15, -0.1) is 0 Å². The first-order valence-electron chi connectivity index (χ1n) is 9.36. The highest BCUT2D eigenvalue weighted by Crippen LogP contribution is 2.19. The number of carbonyl (C=O) groups is 1. The van der Waals surface area contributed by atoms with Gasteiger partial charge in [0.2, 0.25) is 15.9 Å². The highest BCUT2D eigenvalue weighted by molar-refractivity contribution is 7.89. The molecular formula is C19H30N2O3S. The SMILES string of the molecule is CCCCC(=O)N1CCCN(S(=O)(=O)c2ccc(CCC)cc2)CC1. The van der Waals surface area contributed by atoms with Gasteiger partial charge in [0.1, 0.15) is 0 Å². The average Bonchev–Trinajstić information content (AvgIpc) is 2.87. The summed E-state index contributed by atoms with van der Waals surface area (Å²) in [5, 5.41) is 0. The molecule has 0 radical (unpaired) electrons. The summed E-state index contributed by atoms with van der Waals surface area (Å²) in [7, 11) is -3.49. The molecule has 1 heterocycles. The lowest BCUT2D eigenvalue weighted by molar-refractivity contribution is -0.131. The lowest BCUT2D eigenvalue weighted by atomic mass is 10.1. The molecule has 25 heavy (non-hydrogen) atoms. The molecule has 0 atom stereocenters. The normalized spacial score (nSPS) is 16.6. The van der Waals surface area contributed by atoms with Gasteiger partial charge in [-0.25, -0.2) is 8.42 Å². The quantitative estimate of drug-likeness (QED) is 0.745. The minimum atomic E-state index is -3.49. The number of sulfonamides is 1. The molecule has 1 aliphatic heterocycles. The van der Waals surface area contributed by atoms with Gasteiger partial charge < -0.3 is 4.90 Å². The third-order valence-electron chi connectivity index (χ3n) is 4.65. The number of hydrogen-bond donors (Lipinski definition) is 0. The van der Waals surface area contributed by atoms with Crippen LogP contribution in [-0.4, -0.2) is 49.7 Å². The van der Waals surface area contributed by atoms with Crippen LogP contribution in [-0.2, 0) is 21.2 Å². The third-order valence-corrected chi connectivity index (χ3v) is 6.56. The van der Waals surface area contributed by atoms with E-state index in [9.17, 15) is 13.2 Å². The van der Waals surface area contributed by atoms with Gasteiger partial charge in [0.25, 0.3) is 0 Å². The molecular weight excluding hydrogens is 336 g/mol. The maximum Gasteiger partial charge on any atom is 0.243 e. The van der Waals surface area contributed by atoms with Crippen molar-refractivity contribution in [1.82, 2.24) is 9.21 Å². The lowest BCUT2D eigenvalue weighted by Crippen LogP contribution is -2.37. The molecule has 0 N–H and O–H groups in total. The Balaban J connectivity index is 2.03. The summed E-state index contributed by atoms with van der Waals surface area (Å²) < 4.78 is 27.3. The number of rotatable bonds is 7. The molecule has 6 heteroatoms.